The average molecular weight is 726 g/mol. The first kappa shape index (κ1) is 40.5. The lowest BCUT2D eigenvalue weighted by molar-refractivity contribution is -0.133. The van der Waals surface area contributed by atoms with Crippen molar-refractivity contribution in [2.45, 2.75) is 114 Å². The molecule has 1 heterocycles. The Morgan fingerprint density at radius 2 is 1.47 bits per heavy atom. The molecular formula is C39H59N5O6S. The Hall–Kier alpha value is -3.32. The number of aliphatic hydroxyl groups excluding tert-OH is 1. The summed E-state index contributed by atoms with van der Waals surface area (Å²) in [6.07, 6.45) is 5.39. The second-order valence-corrected chi connectivity index (χ2v) is 18.7. The van der Waals surface area contributed by atoms with Gasteiger partial charge in [0.25, 0.3) is 0 Å². The van der Waals surface area contributed by atoms with Crippen molar-refractivity contribution in [2.24, 2.45) is 11.8 Å². The number of hydrogen-bond acceptors (Lipinski definition) is 8. The number of carbonyl (C=O) groups excluding carboxylic acids is 3. The first-order valence-electron chi connectivity index (χ1n) is 18.3. The number of piperidine rings is 1. The van der Waals surface area contributed by atoms with Gasteiger partial charge in [0.15, 0.2) is 9.84 Å². The van der Waals surface area contributed by atoms with E-state index in [-0.39, 0.29) is 25.4 Å². The normalized spacial score (nSPS) is 21.8. The average Bonchev–Trinajstić information content (AvgIpc) is 3.06. The number of fused-ring (bicyclic) bond motifs is 1. The number of carbonyl (C=O) groups is 3. The molecule has 1 saturated heterocycles. The maximum Gasteiger partial charge on any atom is 0.244 e. The van der Waals surface area contributed by atoms with Crippen molar-refractivity contribution in [1.29, 1.82) is 0 Å². The molecule has 3 amide bonds. The minimum absolute atomic E-state index is 0.0686. The van der Waals surface area contributed by atoms with Crippen LogP contribution in [0.5, 0.6) is 0 Å². The van der Waals surface area contributed by atoms with E-state index < -0.39 is 56.2 Å². The van der Waals surface area contributed by atoms with Crippen LogP contribution >= 0.6 is 0 Å². The van der Waals surface area contributed by atoms with Crippen LogP contribution < -0.4 is 21.3 Å². The largest absolute Gasteiger partial charge is 0.390 e. The summed E-state index contributed by atoms with van der Waals surface area (Å²) in [7, 11) is -3.85. The van der Waals surface area contributed by atoms with Crippen LogP contribution in [0.3, 0.4) is 0 Å². The molecular weight excluding hydrogens is 667 g/mol. The van der Waals surface area contributed by atoms with Crippen molar-refractivity contribution >= 4 is 27.6 Å². The number of nitrogens with zero attached hydrogens (tertiary/aromatic N) is 1. The summed E-state index contributed by atoms with van der Waals surface area (Å²) in [5.41, 5.74) is 1.42. The van der Waals surface area contributed by atoms with E-state index in [0.717, 1.165) is 43.1 Å². The minimum Gasteiger partial charge on any atom is -0.390 e. The van der Waals surface area contributed by atoms with Crippen LogP contribution in [0.15, 0.2) is 60.7 Å². The third-order valence-corrected chi connectivity index (χ3v) is 12.6. The lowest BCUT2D eigenvalue weighted by Crippen LogP contribution is -2.64. The first-order valence-corrected chi connectivity index (χ1v) is 20.2. The molecule has 2 aliphatic rings. The maximum atomic E-state index is 14.2. The van der Waals surface area contributed by atoms with Crippen LogP contribution in [0.1, 0.15) is 77.8 Å². The Kier molecular flexibility index (Phi) is 13.9. The third kappa shape index (κ3) is 11.6. The summed E-state index contributed by atoms with van der Waals surface area (Å²) in [6, 6.07) is 16.2. The highest BCUT2D eigenvalue weighted by molar-refractivity contribution is 7.92. The molecule has 0 bridgehead atoms. The molecule has 51 heavy (non-hydrogen) atoms. The summed E-state index contributed by atoms with van der Waals surface area (Å²) >= 11 is 0. The first-order chi connectivity index (χ1) is 23.9. The molecule has 0 aromatic heterocycles. The lowest BCUT2D eigenvalue weighted by atomic mass is 9.72. The van der Waals surface area contributed by atoms with E-state index in [4.69, 9.17) is 0 Å². The highest BCUT2D eigenvalue weighted by Gasteiger charge is 2.46. The number of β-amino-alcohol motifs (C(OH)–C–C–N with tert-alkyl or cyclic N) is 1. The van der Waals surface area contributed by atoms with Gasteiger partial charge in [0.1, 0.15) is 6.04 Å². The van der Waals surface area contributed by atoms with E-state index in [1.807, 2.05) is 81.4 Å². The van der Waals surface area contributed by atoms with Gasteiger partial charge in [-0.2, -0.15) is 0 Å². The molecule has 5 N–H and O–H groups in total. The van der Waals surface area contributed by atoms with Crippen LogP contribution in [0.4, 0.5) is 0 Å². The molecule has 6 unspecified atom stereocenters. The van der Waals surface area contributed by atoms with Gasteiger partial charge in [-0.05, 0) is 76.8 Å². The molecule has 12 heteroatoms. The number of nitrogens with one attached hydrogen (secondary N) is 4. The zero-order valence-corrected chi connectivity index (χ0v) is 32.0. The molecule has 0 radical (unpaired) electrons. The van der Waals surface area contributed by atoms with Crippen LogP contribution in [0.25, 0.3) is 0 Å². The van der Waals surface area contributed by atoms with E-state index in [1.165, 1.54) is 13.8 Å². The number of hydrogen-bond donors (Lipinski definition) is 5. The van der Waals surface area contributed by atoms with Gasteiger partial charge in [0.05, 0.1) is 29.5 Å². The van der Waals surface area contributed by atoms with Gasteiger partial charge in [0.2, 0.25) is 17.7 Å². The van der Waals surface area contributed by atoms with Gasteiger partial charge in [-0.25, -0.2) is 8.42 Å². The fourth-order valence-electron chi connectivity index (χ4n) is 7.31. The second-order valence-electron chi connectivity index (χ2n) is 16.1. The Morgan fingerprint density at radius 1 is 0.882 bits per heavy atom. The minimum atomic E-state index is -3.85. The zero-order chi connectivity index (χ0) is 37.4. The van der Waals surface area contributed by atoms with Crippen molar-refractivity contribution in [1.82, 2.24) is 26.2 Å². The molecule has 2 aromatic rings. The summed E-state index contributed by atoms with van der Waals surface area (Å²) in [5, 5.41) is 23.8. The van der Waals surface area contributed by atoms with Gasteiger partial charge >= 0.3 is 0 Å². The van der Waals surface area contributed by atoms with E-state index in [2.05, 4.69) is 26.2 Å². The highest BCUT2D eigenvalue weighted by Crippen LogP contribution is 2.39. The van der Waals surface area contributed by atoms with E-state index >= 15 is 0 Å². The van der Waals surface area contributed by atoms with Gasteiger partial charge < -0.3 is 26.4 Å². The van der Waals surface area contributed by atoms with Gasteiger partial charge in [-0.15, -0.1) is 0 Å². The summed E-state index contributed by atoms with van der Waals surface area (Å²) in [6.45, 7) is 9.78. The van der Waals surface area contributed by atoms with E-state index in [1.54, 1.807) is 0 Å². The molecule has 2 aromatic carbocycles. The fourth-order valence-corrected chi connectivity index (χ4v) is 7.90. The Bertz CT molecular complexity index is 1560. The predicted octanol–water partition coefficient (Wildman–Crippen LogP) is 2.97. The van der Waals surface area contributed by atoms with Gasteiger partial charge in [-0.3, -0.25) is 19.3 Å². The predicted molar refractivity (Wildman–Crippen MR) is 200 cm³/mol. The van der Waals surface area contributed by atoms with Crippen LogP contribution in [0.2, 0.25) is 0 Å². The second kappa shape index (κ2) is 17.5. The maximum absolute atomic E-state index is 14.2. The van der Waals surface area contributed by atoms with Gasteiger partial charge in [-0.1, -0.05) is 79.9 Å². The molecule has 2 fully saturated rings. The molecule has 6 atom stereocenters. The lowest BCUT2D eigenvalue weighted by Gasteiger charge is -2.47. The summed E-state index contributed by atoms with van der Waals surface area (Å²) < 4.78 is 24.4. The van der Waals surface area contributed by atoms with Crippen molar-refractivity contribution in [3.8, 4) is 0 Å². The van der Waals surface area contributed by atoms with Crippen LogP contribution in [-0.2, 0) is 37.2 Å². The Morgan fingerprint density at radius 3 is 2.06 bits per heavy atom. The Balaban J connectivity index is 1.56. The van der Waals surface area contributed by atoms with Crippen molar-refractivity contribution < 1.29 is 27.9 Å². The molecule has 4 rings (SSSR count). The fraction of sp³-hybridized carbons (Fsp3) is 0.615. The Labute approximate surface area is 304 Å². The van der Waals surface area contributed by atoms with Crippen molar-refractivity contribution in [2.75, 3.05) is 25.9 Å². The van der Waals surface area contributed by atoms with E-state index in [0.29, 0.717) is 31.3 Å². The summed E-state index contributed by atoms with van der Waals surface area (Å²) in [4.78, 5) is 43.1. The SMILES string of the molecule is CC(C)(C)NC(=O)C1CC2CCCCC2CN1CC(O)C(Cc1ccccc1)NC(=O)C(NC(=O)CNCc1ccccc1)C(C)(C)S(C)(=O)=O. The van der Waals surface area contributed by atoms with Gasteiger partial charge in [0, 0.05) is 31.4 Å². The monoisotopic (exact) mass is 725 g/mol. The number of amides is 3. The molecule has 0 spiro atoms. The number of rotatable bonds is 15. The zero-order valence-electron chi connectivity index (χ0n) is 31.2. The van der Waals surface area contributed by atoms with Crippen molar-refractivity contribution in [3.63, 3.8) is 0 Å². The molecule has 1 aliphatic heterocycles. The number of aliphatic hydroxyl groups is 1. The molecule has 282 valence electrons. The standard InChI is InChI=1S/C39H59N5O6S/c1-38(2,3)43-36(47)32-22-29-19-13-14-20-30(29)25-44(32)26-33(45)31(21-27-15-9-7-10-16-27)41-37(48)35(39(4,5)51(6,49)50)42-34(46)24-40-23-28-17-11-8-12-18-28/h7-12,15-18,29-33,35,40,45H,13-14,19-26H2,1-6H3,(H,41,48)(H,42,46)(H,43,47). The third-order valence-electron chi connectivity index (χ3n) is 10.5. The molecule has 1 saturated carbocycles. The molecule has 1 aliphatic carbocycles. The van der Waals surface area contributed by atoms with Crippen molar-refractivity contribution in [3.05, 3.63) is 71.8 Å². The topological polar surface area (TPSA) is 157 Å². The quantitative estimate of drug-likeness (QED) is 0.188. The smallest absolute Gasteiger partial charge is 0.244 e. The highest BCUT2D eigenvalue weighted by atomic mass is 32.2. The van der Waals surface area contributed by atoms with E-state index in [9.17, 15) is 27.9 Å². The number of likely N-dealkylation sites (tertiary alicyclic amines) is 1. The summed E-state index contributed by atoms with van der Waals surface area (Å²) in [5.74, 6) is -0.438. The van der Waals surface area contributed by atoms with Crippen LogP contribution in [0, 0.1) is 11.8 Å². The number of sulfone groups is 1. The van der Waals surface area contributed by atoms with Crippen LogP contribution in [-0.4, -0.2) is 96.6 Å². The molecule has 11 nitrogen and oxygen atoms in total. The number of benzene rings is 2.